The molecule has 0 N–H and O–H groups in total. The summed E-state index contributed by atoms with van der Waals surface area (Å²) in [5.74, 6) is -1.15. The molecule has 0 heterocycles. The van der Waals surface area contributed by atoms with Gasteiger partial charge in [-0.15, -0.1) is 0 Å². The van der Waals surface area contributed by atoms with Crippen LogP contribution in [0.5, 0.6) is 0 Å². The van der Waals surface area contributed by atoms with Crippen molar-refractivity contribution in [2.24, 2.45) is 0 Å². The zero-order valence-corrected chi connectivity index (χ0v) is 9.47. The molecule has 0 aliphatic rings. The van der Waals surface area contributed by atoms with Gasteiger partial charge < -0.3 is 0 Å². The Hall–Kier alpha value is 0.580. The van der Waals surface area contributed by atoms with Gasteiger partial charge in [-0.25, -0.2) is 8.78 Å². The molecule has 0 saturated heterocycles. The average Bonchev–Trinajstić information content (AvgIpc) is 1.97. The van der Waals surface area contributed by atoms with Crippen LogP contribution in [0, 0.1) is 15.2 Å². The quantitative estimate of drug-likeness (QED) is 0.376. The molecule has 0 aliphatic heterocycles. The second-order valence-corrected chi connectivity index (χ2v) is 4.06. The van der Waals surface area contributed by atoms with Gasteiger partial charge in [0.15, 0.2) is 5.82 Å². The van der Waals surface area contributed by atoms with Gasteiger partial charge in [-0.1, -0.05) is 11.6 Å². The second-order valence-electron chi connectivity index (χ2n) is 1.78. The van der Waals surface area contributed by atoms with E-state index in [0.29, 0.717) is 0 Å². The van der Waals surface area contributed by atoms with Gasteiger partial charge in [0.05, 0.1) is 13.1 Å². The highest BCUT2D eigenvalue weighted by atomic mass is 127. The molecular weight excluding hydrogens is 352 g/mol. The fourth-order valence-electron chi connectivity index (χ4n) is 0.544. The minimum Gasteiger partial charge on any atom is -0.206 e. The maximum absolute atomic E-state index is 12.8. The molecule has 0 aromatic heterocycles. The van der Waals surface area contributed by atoms with E-state index in [1.807, 2.05) is 0 Å². The largest absolute Gasteiger partial charge is 0.206 e. The molecule has 60 valence electrons. The van der Waals surface area contributed by atoms with Crippen molar-refractivity contribution in [2.75, 3.05) is 0 Å². The lowest BCUT2D eigenvalue weighted by Gasteiger charge is -2.00. The Morgan fingerprint density at radius 2 is 2.00 bits per heavy atom. The first-order valence-corrected chi connectivity index (χ1v) is 4.77. The maximum Gasteiger partial charge on any atom is 0.157 e. The normalized spacial score (nSPS) is 10.3. The fourth-order valence-corrected chi connectivity index (χ4v) is 1.64. The molecule has 0 spiro atoms. The highest BCUT2D eigenvalue weighted by Crippen LogP contribution is 2.29. The third kappa shape index (κ3) is 1.84. The van der Waals surface area contributed by atoms with Crippen LogP contribution in [-0.2, 0) is 0 Å². The Balaban J connectivity index is 3.46. The lowest BCUT2D eigenvalue weighted by Crippen LogP contribution is -1.89. The summed E-state index contributed by atoms with van der Waals surface area (Å²) in [7, 11) is 0. The fraction of sp³-hybridized carbons (Fsp3) is 0. The van der Waals surface area contributed by atoms with E-state index in [2.05, 4.69) is 15.9 Å². The van der Waals surface area contributed by atoms with Crippen LogP contribution in [0.3, 0.4) is 0 Å². The summed E-state index contributed by atoms with van der Waals surface area (Å²) in [6, 6.07) is 0.948. The molecule has 0 bridgehead atoms. The van der Waals surface area contributed by atoms with E-state index in [1.54, 1.807) is 22.6 Å². The monoisotopic (exact) mass is 352 g/mol. The lowest BCUT2D eigenvalue weighted by molar-refractivity contribution is 0.588. The molecule has 0 saturated carbocycles. The van der Waals surface area contributed by atoms with Crippen LogP contribution in [0.4, 0.5) is 8.78 Å². The maximum atomic E-state index is 12.8. The van der Waals surface area contributed by atoms with Gasteiger partial charge in [0, 0.05) is 0 Å². The third-order valence-corrected chi connectivity index (χ3v) is 3.87. The summed E-state index contributed by atoms with van der Waals surface area (Å²) in [6.07, 6.45) is 0. The number of rotatable bonds is 0. The minimum atomic E-state index is -0.627. The topological polar surface area (TPSA) is 0 Å². The van der Waals surface area contributed by atoms with E-state index < -0.39 is 11.6 Å². The lowest BCUT2D eigenvalue weighted by atomic mass is 10.3. The molecule has 0 unspecified atom stereocenters. The molecule has 1 aromatic carbocycles. The van der Waals surface area contributed by atoms with Crippen LogP contribution < -0.4 is 0 Å². The summed E-state index contributed by atoms with van der Waals surface area (Å²) in [4.78, 5) is 0. The van der Waals surface area contributed by atoms with Crippen molar-refractivity contribution in [1.82, 2.24) is 0 Å². The van der Waals surface area contributed by atoms with Crippen LogP contribution in [0.25, 0.3) is 0 Å². The van der Waals surface area contributed by atoms with E-state index in [-0.39, 0.29) is 13.1 Å². The first-order valence-electron chi connectivity index (χ1n) is 2.52. The second kappa shape index (κ2) is 3.53. The Morgan fingerprint density at radius 3 is 2.55 bits per heavy atom. The molecular formula is C6HBrClF2I. The molecule has 0 atom stereocenters. The molecule has 1 rings (SSSR count). The summed E-state index contributed by atoms with van der Waals surface area (Å²) in [6.45, 7) is 0. The molecule has 11 heavy (non-hydrogen) atoms. The predicted molar refractivity (Wildman–Crippen MR) is 51.8 cm³/mol. The van der Waals surface area contributed by atoms with Gasteiger partial charge in [-0.05, 0) is 44.6 Å². The van der Waals surface area contributed by atoms with Crippen LogP contribution in [-0.4, -0.2) is 0 Å². The van der Waals surface area contributed by atoms with Crippen LogP contribution in [0.2, 0.25) is 5.02 Å². The Morgan fingerprint density at radius 1 is 1.45 bits per heavy atom. The van der Waals surface area contributed by atoms with Gasteiger partial charge in [0.1, 0.15) is 5.82 Å². The molecule has 1 aromatic rings. The molecule has 5 heteroatoms. The van der Waals surface area contributed by atoms with Crippen molar-refractivity contribution >= 4 is 50.1 Å². The number of hydrogen-bond acceptors (Lipinski definition) is 0. The van der Waals surface area contributed by atoms with Crippen molar-refractivity contribution in [3.63, 3.8) is 0 Å². The Bertz CT molecular complexity index is 277. The van der Waals surface area contributed by atoms with Gasteiger partial charge in [0.25, 0.3) is 0 Å². The van der Waals surface area contributed by atoms with Crippen molar-refractivity contribution in [3.8, 4) is 0 Å². The Labute approximate surface area is 89.2 Å². The molecule has 0 aliphatic carbocycles. The minimum absolute atomic E-state index is 0.0723. The van der Waals surface area contributed by atoms with Crippen LogP contribution in [0.15, 0.2) is 10.5 Å². The SMILES string of the molecule is Fc1cc(Cl)c(F)c(Br)c1I. The van der Waals surface area contributed by atoms with Crippen LogP contribution in [0.1, 0.15) is 0 Å². The summed E-state index contributed by atoms with van der Waals surface area (Å²) in [5.41, 5.74) is 0. The molecule has 0 nitrogen and oxygen atoms in total. The summed E-state index contributed by atoms with van der Waals surface area (Å²) in [5, 5.41) is -0.213. The van der Waals surface area contributed by atoms with Crippen LogP contribution >= 0.6 is 50.1 Å². The summed E-state index contributed by atoms with van der Waals surface area (Å²) >= 11 is 9.91. The zero-order chi connectivity index (χ0) is 8.59. The summed E-state index contributed by atoms with van der Waals surface area (Å²) < 4.78 is 25.8. The van der Waals surface area contributed by atoms with Crippen molar-refractivity contribution in [1.29, 1.82) is 0 Å². The highest BCUT2D eigenvalue weighted by Gasteiger charge is 2.12. The molecule has 0 amide bonds. The number of halogens is 5. The van der Waals surface area contributed by atoms with E-state index in [9.17, 15) is 8.78 Å². The standard InChI is InChI=1S/C6HBrClF2I/c7-4-5(10)2(8)1-3(9)6(4)11/h1H. The van der Waals surface area contributed by atoms with E-state index in [0.717, 1.165) is 6.07 Å². The number of benzene rings is 1. The van der Waals surface area contributed by atoms with E-state index in [4.69, 9.17) is 11.6 Å². The first-order chi connectivity index (χ1) is 5.04. The van der Waals surface area contributed by atoms with Crippen molar-refractivity contribution < 1.29 is 8.78 Å². The first kappa shape index (κ1) is 9.67. The smallest absolute Gasteiger partial charge is 0.157 e. The number of hydrogen-bond donors (Lipinski definition) is 0. The predicted octanol–water partition coefficient (Wildman–Crippen LogP) is 3.99. The third-order valence-electron chi connectivity index (χ3n) is 1.06. The van der Waals surface area contributed by atoms with Crippen molar-refractivity contribution in [3.05, 3.63) is 30.8 Å². The van der Waals surface area contributed by atoms with Gasteiger partial charge in [0.2, 0.25) is 0 Å². The molecule has 0 radical (unpaired) electrons. The van der Waals surface area contributed by atoms with Crippen molar-refractivity contribution in [2.45, 2.75) is 0 Å². The zero-order valence-electron chi connectivity index (χ0n) is 4.97. The van der Waals surface area contributed by atoms with Gasteiger partial charge in [-0.2, -0.15) is 0 Å². The van der Waals surface area contributed by atoms with E-state index in [1.165, 1.54) is 0 Å². The average molecular weight is 353 g/mol. The molecule has 0 fully saturated rings. The Kier molecular flexibility index (Phi) is 3.10. The van der Waals surface area contributed by atoms with Gasteiger partial charge >= 0.3 is 0 Å². The van der Waals surface area contributed by atoms with E-state index >= 15 is 0 Å². The highest BCUT2D eigenvalue weighted by molar-refractivity contribution is 14.1. The van der Waals surface area contributed by atoms with Gasteiger partial charge in [-0.3, -0.25) is 0 Å².